The summed E-state index contributed by atoms with van der Waals surface area (Å²) in [5.41, 5.74) is 0.0445. The Morgan fingerprint density at radius 2 is 2.00 bits per heavy atom. The summed E-state index contributed by atoms with van der Waals surface area (Å²) < 4.78 is 0.710. The van der Waals surface area contributed by atoms with Gasteiger partial charge in [-0.3, -0.25) is 14.9 Å². The van der Waals surface area contributed by atoms with Gasteiger partial charge in [0.15, 0.2) is 0 Å². The first-order valence-corrected chi connectivity index (χ1v) is 9.42. The molecule has 0 spiro atoms. The van der Waals surface area contributed by atoms with Gasteiger partial charge in [0.1, 0.15) is 0 Å². The molecule has 0 aliphatic heterocycles. The lowest BCUT2D eigenvalue weighted by molar-refractivity contribution is -0.384. The summed E-state index contributed by atoms with van der Waals surface area (Å²) in [5, 5.41) is 10.4. The second-order valence-corrected chi connectivity index (χ2v) is 8.28. The zero-order chi connectivity index (χ0) is 17.7. The topological polar surface area (TPSA) is 63.5 Å². The predicted octanol–water partition coefficient (Wildman–Crippen LogP) is 4.84. The highest BCUT2D eigenvalue weighted by atomic mass is 35.5. The van der Waals surface area contributed by atoms with E-state index in [0.717, 1.165) is 9.77 Å². The first-order valence-electron chi connectivity index (χ1n) is 7.34. The molecule has 0 bridgehead atoms. The predicted molar refractivity (Wildman–Crippen MR) is 98.8 cm³/mol. The molecule has 5 nitrogen and oxygen atoms in total. The zero-order valence-electron chi connectivity index (χ0n) is 13.3. The second-order valence-electron chi connectivity index (χ2n) is 5.07. The Morgan fingerprint density at radius 3 is 2.50 bits per heavy atom. The number of nitro groups is 1. The van der Waals surface area contributed by atoms with Crippen LogP contribution >= 0.6 is 34.7 Å². The molecule has 0 fully saturated rings. The maximum absolute atomic E-state index is 12.6. The molecule has 0 N–H and O–H groups in total. The number of carbonyl (C=O) groups is 1. The van der Waals surface area contributed by atoms with Crippen molar-refractivity contribution in [1.82, 2.24) is 4.90 Å². The number of nitro benzene ring substituents is 1. The third-order valence-corrected chi connectivity index (χ3v) is 5.69. The second kappa shape index (κ2) is 8.50. The van der Waals surface area contributed by atoms with Gasteiger partial charge in [-0.15, -0.1) is 23.1 Å². The van der Waals surface area contributed by atoms with E-state index in [4.69, 9.17) is 11.6 Å². The molecule has 1 aromatic carbocycles. The molecule has 128 valence electrons. The lowest BCUT2D eigenvalue weighted by Crippen LogP contribution is -2.35. The number of amides is 1. The summed E-state index contributed by atoms with van der Waals surface area (Å²) in [6, 6.07) is 9.99. The number of halogens is 1. The van der Waals surface area contributed by atoms with Crippen molar-refractivity contribution in [3.8, 4) is 0 Å². The summed E-state index contributed by atoms with van der Waals surface area (Å²) in [6.07, 6.45) is 0. The molecule has 8 heteroatoms. The quantitative estimate of drug-likeness (QED) is 0.389. The number of rotatable bonds is 7. The molecule has 0 aliphatic carbocycles. The van der Waals surface area contributed by atoms with Crippen molar-refractivity contribution in [2.24, 2.45) is 0 Å². The van der Waals surface area contributed by atoms with Gasteiger partial charge < -0.3 is 4.90 Å². The molecule has 1 aromatic heterocycles. The molecule has 24 heavy (non-hydrogen) atoms. The maximum Gasteiger partial charge on any atom is 0.269 e. The molecule has 1 amide bonds. The molecule has 0 radical (unpaired) electrons. The molecule has 2 aromatic rings. The molecule has 1 atom stereocenters. The van der Waals surface area contributed by atoms with Gasteiger partial charge in [0.05, 0.1) is 21.1 Å². The largest absolute Gasteiger partial charge is 0.337 e. The number of thiophene rings is 1. The highest BCUT2D eigenvalue weighted by molar-refractivity contribution is 8.00. The van der Waals surface area contributed by atoms with Crippen LogP contribution in [0.1, 0.15) is 18.7 Å². The van der Waals surface area contributed by atoms with E-state index >= 15 is 0 Å². The van der Waals surface area contributed by atoms with Crippen molar-refractivity contribution < 1.29 is 9.72 Å². The molecule has 0 saturated heterocycles. The standard InChI is InChI=1S/C16H17ClN2O3S2/c1-3-18(10-14-8-9-15(17)24-14)16(20)11(2)23-13-6-4-12(5-7-13)19(21)22/h4-9,11H,3,10H2,1-2H3/t11-/m1/s1. The average Bonchev–Trinajstić information content (AvgIpc) is 2.97. The number of hydrogen-bond acceptors (Lipinski definition) is 5. The van der Waals surface area contributed by atoms with Gasteiger partial charge in [0, 0.05) is 28.5 Å². The minimum Gasteiger partial charge on any atom is -0.337 e. The van der Waals surface area contributed by atoms with Crippen LogP contribution in [0.5, 0.6) is 0 Å². The summed E-state index contributed by atoms with van der Waals surface area (Å²) in [4.78, 5) is 26.5. The fraction of sp³-hybridized carbons (Fsp3) is 0.312. The van der Waals surface area contributed by atoms with E-state index in [1.54, 1.807) is 17.0 Å². The van der Waals surface area contributed by atoms with Gasteiger partial charge in [-0.05, 0) is 38.1 Å². The van der Waals surface area contributed by atoms with E-state index in [9.17, 15) is 14.9 Å². The summed E-state index contributed by atoms with van der Waals surface area (Å²) in [6.45, 7) is 4.94. The number of hydrogen-bond donors (Lipinski definition) is 0. The fourth-order valence-corrected chi connectivity index (χ4v) is 4.18. The highest BCUT2D eigenvalue weighted by Crippen LogP contribution is 2.28. The van der Waals surface area contributed by atoms with E-state index in [0.29, 0.717) is 17.4 Å². The van der Waals surface area contributed by atoms with Crippen molar-refractivity contribution in [1.29, 1.82) is 0 Å². The first kappa shape index (κ1) is 18.8. The molecular weight excluding hydrogens is 368 g/mol. The van der Waals surface area contributed by atoms with Crippen molar-refractivity contribution in [3.05, 3.63) is 55.7 Å². The van der Waals surface area contributed by atoms with E-state index in [-0.39, 0.29) is 16.8 Å². The molecule has 1 heterocycles. The Bertz CT molecular complexity index is 718. The minimum atomic E-state index is -0.437. The third-order valence-electron chi connectivity index (χ3n) is 3.38. The van der Waals surface area contributed by atoms with Gasteiger partial charge >= 0.3 is 0 Å². The summed E-state index contributed by atoms with van der Waals surface area (Å²) >= 11 is 8.80. The maximum atomic E-state index is 12.6. The molecule has 0 aliphatic rings. The van der Waals surface area contributed by atoms with Crippen LogP contribution in [0.3, 0.4) is 0 Å². The minimum absolute atomic E-state index is 0.0328. The first-order chi connectivity index (χ1) is 11.4. The lowest BCUT2D eigenvalue weighted by Gasteiger charge is -2.23. The van der Waals surface area contributed by atoms with Gasteiger partial charge in [0.25, 0.3) is 5.69 Å². The Balaban J connectivity index is 1.99. The Morgan fingerprint density at radius 1 is 1.33 bits per heavy atom. The Kier molecular flexibility index (Phi) is 6.65. The van der Waals surface area contributed by atoms with Crippen molar-refractivity contribution in [2.45, 2.75) is 30.5 Å². The van der Waals surface area contributed by atoms with Gasteiger partial charge in [-0.1, -0.05) is 11.6 Å². The van der Waals surface area contributed by atoms with E-state index in [2.05, 4.69) is 0 Å². The summed E-state index contributed by atoms with van der Waals surface area (Å²) in [5.74, 6) is 0.0328. The van der Waals surface area contributed by atoms with E-state index in [1.165, 1.54) is 35.2 Å². The highest BCUT2D eigenvalue weighted by Gasteiger charge is 2.21. The molecule has 0 saturated carbocycles. The van der Waals surface area contributed by atoms with Gasteiger partial charge in [0.2, 0.25) is 5.91 Å². The number of thioether (sulfide) groups is 1. The van der Waals surface area contributed by atoms with Crippen molar-refractivity contribution >= 4 is 46.3 Å². The van der Waals surface area contributed by atoms with Crippen molar-refractivity contribution in [3.63, 3.8) is 0 Å². The SMILES string of the molecule is CCN(Cc1ccc(Cl)s1)C(=O)[C@@H](C)Sc1ccc([N+](=O)[O-])cc1. The zero-order valence-corrected chi connectivity index (χ0v) is 15.7. The van der Waals surface area contributed by atoms with Gasteiger partial charge in [-0.25, -0.2) is 0 Å². The van der Waals surface area contributed by atoms with Crippen LogP contribution in [-0.2, 0) is 11.3 Å². The smallest absolute Gasteiger partial charge is 0.269 e. The Labute approximate surface area is 153 Å². The molecular formula is C16H17ClN2O3S2. The number of nitrogens with zero attached hydrogens (tertiary/aromatic N) is 2. The van der Waals surface area contributed by atoms with Crippen LogP contribution in [-0.4, -0.2) is 27.5 Å². The van der Waals surface area contributed by atoms with Crippen LogP contribution in [0.2, 0.25) is 4.34 Å². The average molecular weight is 385 g/mol. The lowest BCUT2D eigenvalue weighted by atomic mass is 10.3. The van der Waals surface area contributed by atoms with Crippen LogP contribution in [0, 0.1) is 10.1 Å². The summed E-state index contributed by atoms with van der Waals surface area (Å²) in [7, 11) is 0. The molecule has 2 rings (SSSR count). The van der Waals surface area contributed by atoms with Crippen LogP contribution in [0.25, 0.3) is 0 Å². The van der Waals surface area contributed by atoms with Crippen LogP contribution in [0.15, 0.2) is 41.3 Å². The van der Waals surface area contributed by atoms with E-state index in [1.807, 2.05) is 26.0 Å². The van der Waals surface area contributed by atoms with Gasteiger partial charge in [-0.2, -0.15) is 0 Å². The van der Waals surface area contributed by atoms with E-state index < -0.39 is 4.92 Å². The number of non-ortho nitro benzene ring substituents is 1. The number of benzene rings is 1. The Hall–Kier alpha value is -1.57. The monoisotopic (exact) mass is 384 g/mol. The van der Waals surface area contributed by atoms with Crippen LogP contribution < -0.4 is 0 Å². The fourth-order valence-electron chi connectivity index (χ4n) is 2.13. The van der Waals surface area contributed by atoms with Crippen molar-refractivity contribution in [2.75, 3.05) is 6.54 Å². The number of carbonyl (C=O) groups excluding carboxylic acids is 1. The normalized spacial score (nSPS) is 12.0. The van der Waals surface area contributed by atoms with Crippen LogP contribution in [0.4, 0.5) is 5.69 Å². The molecule has 0 unspecified atom stereocenters. The third kappa shape index (κ3) is 4.96.